The van der Waals surface area contributed by atoms with Gasteiger partial charge in [-0.25, -0.2) is 0 Å². The molecule has 0 aromatic heterocycles. The molecule has 2 aliphatic heterocycles. The van der Waals surface area contributed by atoms with E-state index in [2.05, 4.69) is 0 Å². The summed E-state index contributed by atoms with van der Waals surface area (Å²) in [5, 5.41) is 0. The Hall–Kier alpha value is -0.650. The SMILES string of the molecule is COC(C)(C)CC(=O)N1CCC2(CC1)OCCO2. The molecule has 0 aromatic carbocycles. The van der Waals surface area contributed by atoms with Crippen molar-refractivity contribution < 1.29 is 19.0 Å². The number of likely N-dealkylation sites (tertiary alicyclic amines) is 1. The maximum absolute atomic E-state index is 12.1. The molecular formula is C13H23NO4. The van der Waals surface area contributed by atoms with Gasteiger partial charge in [0.1, 0.15) is 0 Å². The Labute approximate surface area is 108 Å². The lowest BCUT2D eigenvalue weighted by molar-refractivity contribution is -0.188. The van der Waals surface area contributed by atoms with Crippen LogP contribution < -0.4 is 0 Å². The van der Waals surface area contributed by atoms with Crippen molar-refractivity contribution in [1.29, 1.82) is 0 Å². The second kappa shape index (κ2) is 5.15. The lowest BCUT2D eigenvalue weighted by atomic mass is 10.0. The molecule has 0 unspecified atom stereocenters. The summed E-state index contributed by atoms with van der Waals surface area (Å²) in [5.74, 6) is -0.261. The van der Waals surface area contributed by atoms with Gasteiger partial charge in [0.05, 0.1) is 25.2 Å². The fraction of sp³-hybridized carbons (Fsp3) is 0.923. The molecule has 5 nitrogen and oxygen atoms in total. The number of carbonyl (C=O) groups is 1. The first-order valence-corrected chi connectivity index (χ1v) is 6.57. The molecule has 0 radical (unpaired) electrons. The second-order valence-corrected chi connectivity index (χ2v) is 5.63. The highest BCUT2D eigenvalue weighted by Gasteiger charge is 2.41. The van der Waals surface area contributed by atoms with Crippen molar-refractivity contribution in [3.8, 4) is 0 Å². The monoisotopic (exact) mass is 257 g/mol. The van der Waals surface area contributed by atoms with Gasteiger partial charge in [-0.2, -0.15) is 0 Å². The Balaban J connectivity index is 1.84. The van der Waals surface area contributed by atoms with Crippen LogP contribution in [0.15, 0.2) is 0 Å². The Morgan fingerprint density at radius 3 is 2.33 bits per heavy atom. The van der Waals surface area contributed by atoms with Crippen molar-refractivity contribution in [2.24, 2.45) is 0 Å². The van der Waals surface area contributed by atoms with Crippen LogP contribution in [-0.4, -0.2) is 55.6 Å². The summed E-state index contributed by atoms with van der Waals surface area (Å²) in [6.45, 7) is 6.62. The van der Waals surface area contributed by atoms with E-state index in [9.17, 15) is 4.79 Å². The average Bonchev–Trinajstić information content (AvgIpc) is 2.78. The molecule has 2 aliphatic rings. The van der Waals surface area contributed by atoms with Gasteiger partial charge in [-0.3, -0.25) is 4.79 Å². The van der Waals surface area contributed by atoms with Crippen LogP contribution >= 0.6 is 0 Å². The topological polar surface area (TPSA) is 48.0 Å². The lowest BCUT2D eigenvalue weighted by Gasteiger charge is -2.38. The van der Waals surface area contributed by atoms with E-state index < -0.39 is 11.4 Å². The fourth-order valence-corrected chi connectivity index (χ4v) is 2.43. The molecule has 0 bridgehead atoms. The fourth-order valence-electron chi connectivity index (χ4n) is 2.43. The normalized spacial score (nSPS) is 23.6. The van der Waals surface area contributed by atoms with Crippen molar-refractivity contribution in [3.63, 3.8) is 0 Å². The van der Waals surface area contributed by atoms with Crippen LogP contribution in [0.25, 0.3) is 0 Å². The van der Waals surface area contributed by atoms with E-state index in [0.717, 1.165) is 12.8 Å². The molecule has 0 N–H and O–H groups in total. The van der Waals surface area contributed by atoms with E-state index in [1.807, 2.05) is 18.7 Å². The zero-order valence-corrected chi connectivity index (χ0v) is 11.5. The molecule has 2 rings (SSSR count). The third kappa shape index (κ3) is 3.02. The number of hydrogen-bond acceptors (Lipinski definition) is 4. The van der Waals surface area contributed by atoms with Gasteiger partial charge in [0.2, 0.25) is 5.91 Å². The molecule has 1 amide bonds. The summed E-state index contributed by atoms with van der Waals surface area (Å²) in [6.07, 6.45) is 1.95. The first-order valence-electron chi connectivity index (χ1n) is 6.57. The van der Waals surface area contributed by atoms with E-state index in [4.69, 9.17) is 14.2 Å². The van der Waals surface area contributed by atoms with Crippen LogP contribution in [0, 0.1) is 0 Å². The molecule has 2 fully saturated rings. The van der Waals surface area contributed by atoms with Gasteiger partial charge in [-0.05, 0) is 13.8 Å². The van der Waals surface area contributed by atoms with Gasteiger partial charge in [-0.15, -0.1) is 0 Å². The zero-order valence-electron chi connectivity index (χ0n) is 11.5. The number of rotatable bonds is 3. The Kier molecular flexibility index (Phi) is 3.94. The number of nitrogens with zero attached hydrogens (tertiary/aromatic N) is 1. The molecule has 5 heteroatoms. The zero-order chi connectivity index (χ0) is 13.2. The molecule has 104 valence electrons. The molecule has 0 atom stereocenters. The summed E-state index contributed by atoms with van der Waals surface area (Å²) in [5.41, 5.74) is -0.396. The Morgan fingerprint density at radius 1 is 1.28 bits per heavy atom. The second-order valence-electron chi connectivity index (χ2n) is 5.63. The maximum atomic E-state index is 12.1. The van der Waals surface area contributed by atoms with E-state index in [1.165, 1.54) is 0 Å². The predicted molar refractivity (Wildman–Crippen MR) is 66.2 cm³/mol. The van der Waals surface area contributed by atoms with E-state index >= 15 is 0 Å². The van der Waals surface area contributed by atoms with Crippen molar-refractivity contribution in [1.82, 2.24) is 4.90 Å². The number of hydrogen-bond donors (Lipinski definition) is 0. The minimum Gasteiger partial charge on any atom is -0.378 e. The van der Waals surface area contributed by atoms with E-state index in [-0.39, 0.29) is 5.91 Å². The highest BCUT2D eigenvalue weighted by atomic mass is 16.7. The predicted octanol–water partition coefficient (Wildman–Crippen LogP) is 1.17. The summed E-state index contributed by atoms with van der Waals surface area (Å²) in [6, 6.07) is 0. The number of methoxy groups -OCH3 is 1. The first kappa shape index (κ1) is 13.8. The van der Waals surface area contributed by atoms with Crippen LogP contribution in [0.2, 0.25) is 0 Å². The van der Waals surface area contributed by atoms with Crippen LogP contribution in [0.3, 0.4) is 0 Å². The number of piperidine rings is 1. The first-order chi connectivity index (χ1) is 8.46. The van der Waals surface area contributed by atoms with Crippen molar-refractivity contribution >= 4 is 5.91 Å². The summed E-state index contributed by atoms with van der Waals surface area (Å²) >= 11 is 0. The Bertz CT molecular complexity index is 300. The smallest absolute Gasteiger partial charge is 0.225 e. The molecule has 2 heterocycles. The van der Waals surface area contributed by atoms with Crippen molar-refractivity contribution in [3.05, 3.63) is 0 Å². The third-order valence-corrected chi connectivity index (χ3v) is 3.82. The van der Waals surface area contributed by atoms with Gasteiger partial charge in [-0.1, -0.05) is 0 Å². The molecule has 0 aliphatic carbocycles. The number of ether oxygens (including phenoxy) is 3. The van der Waals surface area contributed by atoms with E-state index in [1.54, 1.807) is 7.11 Å². The summed E-state index contributed by atoms with van der Waals surface area (Å²) < 4.78 is 16.6. The molecule has 0 aromatic rings. The minimum absolute atomic E-state index is 0.148. The average molecular weight is 257 g/mol. The van der Waals surface area contributed by atoms with Gasteiger partial charge in [0, 0.05) is 33.0 Å². The molecule has 2 saturated heterocycles. The number of carbonyl (C=O) groups excluding carboxylic acids is 1. The van der Waals surface area contributed by atoms with Crippen LogP contribution in [-0.2, 0) is 19.0 Å². The van der Waals surface area contributed by atoms with Gasteiger partial charge in [0.25, 0.3) is 0 Å². The van der Waals surface area contributed by atoms with Gasteiger partial charge < -0.3 is 19.1 Å². The quantitative estimate of drug-likeness (QED) is 0.761. The van der Waals surface area contributed by atoms with Crippen LogP contribution in [0.1, 0.15) is 33.1 Å². The van der Waals surface area contributed by atoms with E-state index in [0.29, 0.717) is 32.7 Å². The standard InChI is InChI=1S/C13H23NO4/c1-12(2,16-3)10-11(15)14-6-4-13(5-7-14)17-8-9-18-13/h4-10H2,1-3H3. The summed E-state index contributed by atoms with van der Waals surface area (Å²) in [4.78, 5) is 14.0. The van der Waals surface area contributed by atoms with Gasteiger partial charge >= 0.3 is 0 Å². The highest BCUT2D eigenvalue weighted by Crippen LogP contribution is 2.31. The summed E-state index contributed by atoms with van der Waals surface area (Å²) in [7, 11) is 1.64. The Morgan fingerprint density at radius 2 is 1.83 bits per heavy atom. The molecule has 1 spiro atoms. The largest absolute Gasteiger partial charge is 0.378 e. The lowest BCUT2D eigenvalue weighted by Crippen LogP contribution is -2.48. The molecule has 0 saturated carbocycles. The van der Waals surface area contributed by atoms with Gasteiger partial charge in [0.15, 0.2) is 5.79 Å². The third-order valence-electron chi connectivity index (χ3n) is 3.82. The maximum Gasteiger partial charge on any atom is 0.225 e. The number of amides is 1. The molecule has 18 heavy (non-hydrogen) atoms. The van der Waals surface area contributed by atoms with Crippen molar-refractivity contribution in [2.45, 2.75) is 44.5 Å². The molecular weight excluding hydrogens is 234 g/mol. The van der Waals surface area contributed by atoms with Crippen molar-refractivity contribution in [2.75, 3.05) is 33.4 Å². The van der Waals surface area contributed by atoms with Crippen LogP contribution in [0.5, 0.6) is 0 Å². The van der Waals surface area contributed by atoms with Crippen LogP contribution in [0.4, 0.5) is 0 Å². The minimum atomic E-state index is -0.409. The highest BCUT2D eigenvalue weighted by molar-refractivity contribution is 5.77.